The summed E-state index contributed by atoms with van der Waals surface area (Å²) >= 11 is 0. The zero-order valence-corrected chi connectivity index (χ0v) is 10.5. The van der Waals surface area contributed by atoms with Gasteiger partial charge in [-0.1, -0.05) is 12.1 Å². The maximum atomic E-state index is 11.0. The molecule has 1 aromatic carbocycles. The Morgan fingerprint density at radius 1 is 1.44 bits per heavy atom. The molecule has 2 aromatic rings. The maximum absolute atomic E-state index is 11.0. The Morgan fingerprint density at radius 2 is 2.22 bits per heavy atom. The van der Waals surface area contributed by atoms with Crippen molar-refractivity contribution >= 4 is 16.9 Å². The van der Waals surface area contributed by atoms with Gasteiger partial charge in [0.25, 0.3) is 0 Å². The molecular weight excluding hydrogens is 226 g/mol. The smallest absolute Gasteiger partial charge is 0.310 e. The van der Waals surface area contributed by atoms with Crippen LogP contribution in [0.15, 0.2) is 30.5 Å². The molecule has 1 fully saturated rings. The van der Waals surface area contributed by atoms with Crippen molar-refractivity contribution in [3.05, 3.63) is 36.0 Å². The zero-order valence-electron chi connectivity index (χ0n) is 10.5. The number of carboxylic acids is 1. The van der Waals surface area contributed by atoms with Crippen LogP contribution >= 0.6 is 0 Å². The Kier molecular flexibility index (Phi) is 2.62. The van der Waals surface area contributed by atoms with E-state index < -0.39 is 11.9 Å². The van der Waals surface area contributed by atoms with Gasteiger partial charge in [0.05, 0.1) is 5.92 Å². The van der Waals surface area contributed by atoms with Crippen LogP contribution in [0.25, 0.3) is 10.9 Å². The summed E-state index contributed by atoms with van der Waals surface area (Å²) in [5.74, 6) is -0.394. The molecule has 94 valence electrons. The van der Waals surface area contributed by atoms with Gasteiger partial charge >= 0.3 is 5.97 Å². The quantitative estimate of drug-likeness (QED) is 0.895. The molecule has 0 spiro atoms. The van der Waals surface area contributed by atoms with Gasteiger partial charge in [-0.25, -0.2) is 0 Å². The summed E-state index contributed by atoms with van der Waals surface area (Å²) in [6.45, 7) is 2.80. The van der Waals surface area contributed by atoms with Crippen LogP contribution < -0.4 is 0 Å². The molecule has 1 saturated carbocycles. The van der Waals surface area contributed by atoms with E-state index >= 15 is 0 Å². The Balaban J connectivity index is 2.00. The summed E-state index contributed by atoms with van der Waals surface area (Å²) in [4.78, 5) is 11.0. The molecule has 1 heterocycles. The average Bonchev–Trinajstić information content (AvgIpc) is 3.09. The first-order valence-corrected chi connectivity index (χ1v) is 6.47. The van der Waals surface area contributed by atoms with E-state index in [1.807, 2.05) is 18.2 Å². The summed E-state index contributed by atoms with van der Waals surface area (Å²) < 4.78 is 2.26. The van der Waals surface area contributed by atoms with Crippen molar-refractivity contribution in [2.24, 2.45) is 5.92 Å². The van der Waals surface area contributed by atoms with Gasteiger partial charge in [0.1, 0.15) is 0 Å². The highest BCUT2D eigenvalue weighted by Gasteiger charge is 2.22. The SMILES string of the molecule is CC(C(=O)O)c1ccc2ccn(CC3CC3)c2c1. The van der Waals surface area contributed by atoms with Crippen molar-refractivity contribution in [2.45, 2.75) is 32.2 Å². The molecule has 0 bridgehead atoms. The highest BCUT2D eigenvalue weighted by molar-refractivity contribution is 5.83. The largest absolute Gasteiger partial charge is 0.481 e. The molecule has 1 aromatic heterocycles. The number of fused-ring (bicyclic) bond motifs is 1. The number of hydrogen-bond donors (Lipinski definition) is 1. The first-order chi connectivity index (χ1) is 8.65. The van der Waals surface area contributed by atoms with Crippen molar-refractivity contribution in [2.75, 3.05) is 0 Å². The predicted octanol–water partition coefficient (Wildman–Crippen LogP) is 3.24. The number of aliphatic carboxylic acids is 1. The van der Waals surface area contributed by atoms with Gasteiger partial charge in [-0.2, -0.15) is 0 Å². The molecular formula is C15H17NO2. The number of rotatable bonds is 4. The Labute approximate surface area is 106 Å². The third-order valence-corrected chi connectivity index (χ3v) is 3.82. The molecule has 0 radical (unpaired) electrons. The fraction of sp³-hybridized carbons (Fsp3) is 0.400. The highest BCUT2D eigenvalue weighted by Crippen LogP contribution is 2.32. The molecule has 0 aliphatic heterocycles. The molecule has 1 aliphatic carbocycles. The molecule has 3 nitrogen and oxygen atoms in total. The summed E-state index contributed by atoms with van der Waals surface area (Å²) in [5.41, 5.74) is 2.04. The van der Waals surface area contributed by atoms with Gasteiger partial charge in [0.2, 0.25) is 0 Å². The number of nitrogens with zero attached hydrogens (tertiary/aromatic N) is 1. The standard InChI is InChI=1S/C15H17NO2/c1-10(15(17)18)13-5-4-12-6-7-16(14(12)8-13)9-11-2-3-11/h4-8,10-11H,2-3,9H2,1H3,(H,17,18). The molecule has 1 aliphatic rings. The fourth-order valence-corrected chi connectivity index (χ4v) is 2.35. The third-order valence-electron chi connectivity index (χ3n) is 3.82. The van der Waals surface area contributed by atoms with Crippen LogP contribution in [0.3, 0.4) is 0 Å². The minimum atomic E-state index is -0.769. The minimum Gasteiger partial charge on any atom is -0.481 e. The summed E-state index contributed by atoms with van der Waals surface area (Å²) in [6, 6.07) is 8.07. The molecule has 3 heteroatoms. The topological polar surface area (TPSA) is 42.2 Å². The Bertz CT molecular complexity index is 596. The molecule has 0 amide bonds. The van der Waals surface area contributed by atoms with Crippen molar-refractivity contribution in [3.63, 3.8) is 0 Å². The van der Waals surface area contributed by atoms with Crippen molar-refractivity contribution in [1.29, 1.82) is 0 Å². The summed E-state index contributed by atoms with van der Waals surface area (Å²) in [7, 11) is 0. The lowest BCUT2D eigenvalue weighted by atomic mass is 10.0. The van der Waals surface area contributed by atoms with E-state index in [-0.39, 0.29) is 0 Å². The Hall–Kier alpha value is -1.77. The normalized spacial score (nSPS) is 16.9. The van der Waals surface area contributed by atoms with Crippen LogP contribution in [-0.2, 0) is 11.3 Å². The predicted molar refractivity (Wildman–Crippen MR) is 70.7 cm³/mol. The van der Waals surface area contributed by atoms with E-state index in [4.69, 9.17) is 5.11 Å². The Morgan fingerprint density at radius 3 is 2.89 bits per heavy atom. The first kappa shape index (κ1) is 11.3. The lowest BCUT2D eigenvalue weighted by Gasteiger charge is -2.09. The number of aromatic nitrogens is 1. The van der Waals surface area contributed by atoms with Gasteiger partial charge in [-0.15, -0.1) is 0 Å². The summed E-state index contributed by atoms with van der Waals surface area (Å²) in [6.07, 6.45) is 4.76. The van der Waals surface area contributed by atoms with Crippen molar-refractivity contribution in [3.8, 4) is 0 Å². The van der Waals surface area contributed by atoms with Crippen LogP contribution in [0.2, 0.25) is 0 Å². The van der Waals surface area contributed by atoms with Crippen LogP contribution in [0, 0.1) is 5.92 Å². The molecule has 0 saturated heterocycles. The molecule has 1 N–H and O–H groups in total. The lowest BCUT2D eigenvalue weighted by molar-refractivity contribution is -0.138. The molecule has 1 atom stereocenters. The van der Waals surface area contributed by atoms with E-state index in [2.05, 4.69) is 16.8 Å². The van der Waals surface area contributed by atoms with E-state index in [0.29, 0.717) is 0 Å². The average molecular weight is 243 g/mol. The number of carbonyl (C=O) groups is 1. The van der Waals surface area contributed by atoms with Crippen LogP contribution in [-0.4, -0.2) is 15.6 Å². The van der Waals surface area contributed by atoms with Crippen LogP contribution in [0.1, 0.15) is 31.2 Å². The van der Waals surface area contributed by atoms with Gasteiger partial charge in [-0.3, -0.25) is 4.79 Å². The van der Waals surface area contributed by atoms with Gasteiger partial charge in [-0.05, 0) is 48.8 Å². The molecule has 1 unspecified atom stereocenters. The zero-order chi connectivity index (χ0) is 12.7. The first-order valence-electron chi connectivity index (χ1n) is 6.47. The van der Waals surface area contributed by atoms with Crippen LogP contribution in [0.5, 0.6) is 0 Å². The van der Waals surface area contributed by atoms with Crippen LogP contribution in [0.4, 0.5) is 0 Å². The van der Waals surface area contributed by atoms with Crippen molar-refractivity contribution < 1.29 is 9.90 Å². The van der Waals surface area contributed by atoms with E-state index in [9.17, 15) is 4.79 Å². The van der Waals surface area contributed by atoms with E-state index in [1.54, 1.807) is 6.92 Å². The number of benzene rings is 1. The van der Waals surface area contributed by atoms with Crippen molar-refractivity contribution in [1.82, 2.24) is 4.57 Å². The van der Waals surface area contributed by atoms with E-state index in [0.717, 1.165) is 23.5 Å². The fourth-order valence-electron chi connectivity index (χ4n) is 2.35. The summed E-state index contributed by atoms with van der Waals surface area (Å²) in [5, 5.41) is 10.3. The number of hydrogen-bond acceptors (Lipinski definition) is 1. The second-order valence-corrected chi connectivity index (χ2v) is 5.29. The number of carboxylic acid groups (broad SMARTS) is 1. The van der Waals surface area contributed by atoms with E-state index in [1.165, 1.54) is 18.2 Å². The second kappa shape index (κ2) is 4.16. The molecule has 18 heavy (non-hydrogen) atoms. The van der Waals surface area contributed by atoms with Gasteiger partial charge in [0, 0.05) is 18.3 Å². The monoisotopic (exact) mass is 243 g/mol. The maximum Gasteiger partial charge on any atom is 0.310 e. The second-order valence-electron chi connectivity index (χ2n) is 5.29. The minimum absolute atomic E-state index is 0.446. The lowest BCUT2D eigenvalue weighted by Crippen LogP contribution is -2.07. The van der Waals surface area contributed by atoms with Gasteiger partial charge in [0.15, 0.2) is 0 Å². The third kappa shape index (κ3) is 2.01. The van der Waals surface area contributed by atoms with Gasteiger partial charge < -0.3 is 9.67 Å². The highest BCUT2D eigenvalue weighted by atomic mass is 16.4. The molecule has 3 rings (SSSR count).